The minimum atomic E-state index is 0.768. The summed E-state index contributed by atoms with van der Waals surface area (Å²) in [7, 11) is 0. The first kappa shape index (κ1) is 27.5. The molecule has 0 unspecified atom stereocenters. The third-order valence-corrected chi connectivity index (χ3v) is 9.62. The van der Waals surface area contributed by atoms with Crippen LogP contribution in [0.5, 0.6) is 0 Å². The van der Waals surface area contributed by atoms with Gasteiger partial charge < -0.3 is 0 Å². The van der Waals surface area contributed by atoms with E-state index in [0.29, 0.717) is 0 Å². The van der Waals surface area contributed by atoms with Crippen LogP contribution >= 0.6 is 0 Å². The highest BCUT2D eigenvalue weighted by Gasteiger charge is 2.31. The average Bonchev–Trinajstić information content (AvgIpc) is 3.18. The number of rotatable bonds is 4. The maximum atomic E-state index is 5.64. The van der Waals surface area contributed by atoms with E-state index in [1.54, 1.807) is 0 Å². The van der Waals surface area contributed by atoms with Gasteiger partial charge in [-0.2, -0.15) is 0 Å². The van der Waals surface area contributed by atoms with Gasteiger partial charge in [0.05, 0.1) is 39.8 Å². The molecule has 0 spiro atoms. The standard InChI is InChI=1S/C45H28N4/c1-4-13-29(14-5-1)32-23-25-39-36(27-32)45-43-40(49(39)41-28-46-37-21-10-11-22-38(37)47-41)26-24-33(30-15-6-2-7-16-30)42(43)35-20-12-19-34(44(35)48-45)31-17-8-3-9-18-31/h1-28H. The fourth-order valence-electron chi connectivity index (χ4n) is 7.40. The number of hydrogen-bond acceptors (Lipinski definition) is 4. The summed E-state index contributed by atoms with van der Waals surface area (Å²) >= 11 is 0. The number of hydrogen-bond donors (Lipinski definition) is 0. The molecule has 228 valence electrons. The summed E-state index contributed by atoms with van der Waals surface area (Å²) in [6.45, 7) is 0. The molecular formula is C45H28N4. The maximum absolute atomic E-state index is 5.64. The number of pyridine rings is 1. The van der Waals surface area contributed by atoms with E-state index in [1.165, 1.54) is 16.5 Å². The third-order valence-electron chi connectivity index (χ3n) is 9.62. The van der Waals surface area contributed by atoms with Gasteiger partial charge in [-0.25, -0.2) is 9.97 Å². The van der Waals surface area contributed by atoms with Crippen molar-refractivity contribution in [2.75, 3.05) is 4.90 Å². The summed E-state index contributed by atoms with van der Waals surface area (Å²) in [5.41, 5.74) is 13.7. The van der Waals surface area contributed by atoms with Gasteiger partial charge in [-0.3, -0.25) is 9.88 Å². The molecule has 0 atom stereocenters. The van der Waals surface area contributed by atoms with Crippen molar-refractivity contribution in [1.82, 2.24) is 15.0 Å². The van der Waals surface area contributed by atoms with Crippen molar-refractivity contribution in [1.29, 1.82) is 0 Å². The predicted octanol–water partition coefficient (Wildman–Crippen LogP) is 11.8. The molecule has 1 aliphatic heterocycles. The highest BCUT2D eigenvalue weighted by molar-refractivity contribution is 6.25. The quantitative estimate of drug-likeness (QED) is 0.183. The summed E-state index contributed by atoms with van der Waals surface area (Å²) in [4.78, 5) is 17.9. The molecule has 0 radical (unpaired) electrons. The molecule has 0 aliphatic carbocycles. The number of benzene rings is 7. The highest BCUT2D eigenvalue weighted by Crippen LogP contribution is 2.54. The summed E-state index contributed by atoms with van der Waals surface area (Å²) in [5, 5.41) is 3.40. The fraction of sp³-hybridized carbons (Fsp3) is 0. The zero-order chi connectivity index (χ0) is 32.3. The largest absolute Gasteiger partial charge is 0.292 e. The number of aromatic nitrogens is 3. The van der Waals surface area contributed by atoms with Gasteiger partial charge in [0.1, 0.15) is 0 Å². The van der Waals surface area contributed by atoms with E-state index in [-0.39, 0.29) is 0 Å². The van der Waals surface area contributed by atoms with Gasteiger partial charge in [-0.15, -0.1) is 0 Å². The number of fused-ring (bicyclic) bond motifs is 5. The van der Waals surface area contributed by atoms with Crippen LogP contribution in [0.15, 0.2) is 170 Å². The molecule has 49 heavy (non-hydrogen) atoms. The molecule has 0 bridgehead atoms. The second-order valence-electron chi connectivity index (χ2n) is 12.4. The minimum absolute atomic E-state index is 0.768. The Bertz CT molecular complexity index is 2710. The molecule has 9 aromatic rings. The van der Waals surface area contributed by atoms with Crippen LogP contribution in [0.2, 0.25) is 0 Å². The van der Waals surface area contributed by atoms with Gasteiger partial charge in [0.2, 0.25) is 0 Å². The van der Waals surface area contributed by atoms with Gasteiger partial charge >= 0.3 is 0 Å². The van der Waals surface area contributed by atoms with Crippen LogP contribution in [0.4, 0.5) is 17.2 Å². The Kier molecular flexibility index (Phi) is 6.15. The Morgan fingerprint density at radius 3 is 1.82 bits per heavy atom. The number of para-hydroxylation sites is 3. The first-order valence-corrected chi connectivity index (χ1v) is 16.5. The predicted molar refractivity (Wildman–Crippen MR) is 202 cm³/mol. The Hall–Kier alpha value is -6.65. The smallest absolute Gasteiger partial charge is 0.156 e. The maximum Gasteiger partial charge on any atom is 0.156 e. The van der Waals surface area contributed by atoms with E-state index in [9.17, 15) is 0 Å². The Labute approximate surface area is 283 Å². The molecule has 0 amide bonds. The second-order valence-corrected chi connectivity index (χ2v) is 12.4. The molecule has 4 heteroatoms. The Morgan fingerprint density at radius 2 is 1.06 bits per heavy atom. The van der Waals surface area contributed by atoms with Crippen molar-refractivity contribution in [2.24, 2.45) is 0 Å². The van der Waals surface area contributed by atoms with Crippen LogP contribution in [-0.4, -0.2) is 15.0 Å². The van der Waals surface area contributed by atoms with Crippen molar-refractivity contribution in [3.8, 4) is 44.6 Å². The lowest BCUT2D eigenvalue weighted by molar-refractivity contribution is 1.17. The SMILES string of the molecule is c1ccc(-c2ccc3c(c2)-c2nc4c(-c5ccccc5)cccc4c4c(-c5ccccc5)ccc(c24)N3c2cnc3ccccc3n2)cc1. The monoisotopic (exact) mass is 624 g/mol. The zero-order valence-corrected chi connectivity index (χ0v) is 26.5. The van der Waals surface area contributed by atoms with Crippen LogP contribution in [-0.2, 0) is 0 Å². The molecule has 2 aromatic heterocycles. The normalized spacial score (nSPS) is 12.0. The van der Waals surface area contributed by atoms with Gasteiger partial charge in [-0.05, 0) is 58.1 Å². The lowest BCUT2D eigenvalue weighted by Crippen LogP contribution is -2.17. The molecular weight excluding hydrogens is 597 g/mol. The summed E-state index contributed by atoms with van der Waals surface area (Å²) < 4.78 is 0. The van der Waals surface area contributed by atoms with Gasteiger partial charge in [-0.1, -0.05) is 133 Å². The third kappa shape index (κ3) is 4.35. The molecule has 0 saturated heterocycles. The summed E-state index contributed by atoms with van der Waals surface area (Å²) in [6.07, 6.45) is 1.89. The van der Waals surface area contributed by atoms with Crippen LogP contribution in [0, 0.1) is 0 Å². The molecule has 4 nitrogen and oxygen atoms in total. The molecule has 0 saturated carbocycles. The first-order valence-electron chi connectivity index (χ1n) is 16.5. The molecule has 0 fully saturated rings. The van der Waals surface area contributed by atoms with Crippen LogP contribution in [0.1, 0.15) is 0 Å². The number of nitrogens with zero attached hydrogens (tertiary/aromatic N) is 4. The number of anilines is 3. The van der Waals surface area contributed by atoms with E-state index in [1.807, 2.05) is 30.5 Å². The lowest BCUT2D eigenvalue weighted by Gasteiger charge is -2.33. The second kappa shape index (κ2) is 11.0. The minimum Gasteiger partial charge on any atom is -0.292 e. The fourth-order valence-corrected chi connectivity index (χ4v) is 7.40. The molecule has 7 aromatic carbocycles. The molecule has 3 heterocycles. The van der Waals surface area contributed by atoms with Crippen molar-refractivity contribution in [3.05, 3.63) is 170 Å². The van der Waals surface area contributed by atoms with Crippen molar-refractivity contribution in [2.45, 2.75) is 0 Å². The van der Waals surface area contributed by atoms with E-state index in [0.717, 1.165) is 78.0 Å². The van der Waals surface area contributed by atoms with Crippen LogP contribution < -0.4 is 4.90 Å². The Morgan fingerprint density at radius 1 is 0.408 bits per heavy atom. The van der Waals surface area contributed by atoms with E-state index < -0.39 is 0 Å². The van der Waals surface area contributed by atoms with E-state index in [4.69, 9.17) is 15.0 Å². The summed E-state index contributed by atoms with van der Waals surface area (Å²) in [6, 6.07) is 57.6. The van der Waals surface area contributed by atoms with E-state index >= 15 is 0 Å². The molecule has 0 N–H and O–H groups in total. The molecule has 1 aliphatic rings. The summed E-state index contributed by atoms with van der Waals surface area (Å²) in [5.74, 6) is 0.768. The Balaban J connectivity index is 1.37. The highest BCUT2D eigenvalue weighted by atomic mass is 15.2. The average molecular weight is 625 g/mol. The zero-order valence-electron chi connectivity index (χ0n) is 26.5. The topological polar surface area (TPSA) is 41.9 Å². The van der Waals surface area contributed by atoms with Crippen molar-refractivity contribution < 1.29 is 0 Å². The van der Waals surface area contributed by atoms with E-state index in [2.05, 4.69) is 144 Å². The van der Waals surface area contributed by atoms with Crippen LogP contribution in [0.3, 0.4) is 0 Å². The van der Waals surface area contributed by atoms with Gasteiger partial charge in [0, 0.05) is 27.3 Å². The first-order chi connectivity index (χ1) is 24.3. The van der Waals surface area contributed by atoms with Crippen molar-refractivity contribution in [3.63, 3.8) is 0 Å². The molecule has 10 rings (SSSR count). The lowest BCUT2D eigenvalue weighted by atomic mass is 9.87. The van der Waals surface area contributed by atoms with Crippen molar-refractivity contribution >= 4 is 49.9 Å². The van der Waals surface area contributed by atoms with Crippen LogP contribution in [0.25, 0.3) is 77.3 Å². The van der Waals surface area contributed by atoms with Gasteiger partial charge in [0.25, 0.3) is 0 Å². The van der Waals surface area contributed by atoms with Gasteiger partial charge in [0.15, 0.2) is 5.82 Å².